The highest BCUT2D eigenvalue weighted by atomic mass is 19.3. The van der Waals surface area contributed by atoms with E-state index in [-0.39, 0.29) is 5.76 Å². The maximum atomic E-state index is 11.7. The van der Waals surface area contributed by atoms with Crippen LogP contribution in [0.15, 0.2) is 16.5 Å². The Balaban J connectivity index is 2.88. The standard InChI is InChI=1S/C6H4F2O2/c7-6(8)5-2-1-4(3-9)10-5/h1-3,6H/p+1. The van der Waals surface area contributed by atoms with E-state index in [9.17, 15) is 8.78 Å². The third-order valence-electron chi connectivity index (χ3n) is 0.990. The molecule has 1 aromatic rings. The lowest BCUT2D eigenvalue weighted by molar-refractivity contribution is 0.121. The van der Waals surface area contributed by atoms with E-state index in [0.29, 0.717) is 6.29 Å². The van der Waals surface area contributed by atoms with Crippen LogP contribution in [0.3, 0.4) is 0 Å². The summed E-state index contributed by atoms with van der Waals surface area (Å²) in [5.41, 5.74) is 0. The molecule has 0 saturated carbocycles. The van der Waals surface area contributed by atoms with Crippen LogP contribution in [-0.2, 0) is 0 Å². The average Bonchev–Trinajstić information content (AvgIpc) is 2.34. The molecule has 4 heteroatoms. The van der Waals surface area contributed by atoms with Crippen LogP contribution in [0.4, 0.5) is 8.78 Å². The molecule has 0 aromatic carbocycles. The summed E-state index contributed by atoms with van der Waals surface area (Å²) in [5, 5.41) is 0. The minimum absolute atomic E-state index is 0.0373. The Kier molecular flexibility index (Phi) is 1.80. The topological polar surface area (TPSA) is 34.5 Å². The number of aldehydes is 1. The fourth-order valence-corrected chi connectivity index (χ4v) is 0.555. The molecule has 0 saturated heterocycles. The number of hydrogen-bond acceptors (Lipinski definition) is 1. The summed E-state index contributed by atoms with van der Waals surface area (Å²) >= 11 is 0. The summed E-state index contributed by atoms with van der Waals surface area (Å²) < 4.78 is 27.9. The first-order valence-corrected chi connectivity index (χ1v) is 2.59. The van der Waals surface area contributed by atoms with Gasteiger partial charge < -0.3 is 4.42 Å². The molecule has 1 N–H and O–H groups in total. The summed E-state index contributed by atoms with van der Waals surface area (Å²) in [7, 11) is 0. The molecule has 1 rings (SSSR count). The van der Waals surface area contributed by atoms with E-state index < -0.39 is 12.2 Å². The average molecular weight is 147 g/mol. The first-order chi connectivity index (χ1) is 4.74. The van der Waals surface area contributed by atoms with Crippen LogP contribution in [0.5, 0.6) is 0 Å². The molecule has 0 amide bonds. The van der Waals surface area contributed by atoms with E-state index in [2.05, 4.69) is 4.42 Å². The number of alkyl halides is 2. The van der Waals surface area contributed by atoms with E-state index in [1.54, 1.807) is 0 Å². The van der Waals surface area contributed by atoms with Crippen LogP contribution < -0.4 is 0 Å². The zero-order valence-electron chi connectivity index (χ0n) is 4.92. The number of furan rings is 1. The van der Waals surface area contributed by atoms with E-state index in [4.69, 9.17) is 4.79 Å². The normalized spacial score (nSPS) is 10.3. The molecule has 0 aliphatic heterocycles. The fraction of sp³-hybridized carbons (Fsp3) is 0.167. The van der Waals surface area contributed by atoms with Gasteiger partial charge in [-0.25, -0.2) is 8.78 Å². The predicted molar refractivity (Wildman–Crippen MR) is 30.8 cm³/mol. The second-order valence-electron chi connectivity index (χ2n) is 1.67. The van der Waals surface area contributed by atoms with Crippen LogP contribution in [-0.4, -0.2) is 11.1 Å². The van der Waals surface area contributed by atoms with Crippen LogP contribution >= 0.6 is 0 Å². The highest BCUT2D eigenvalue weighted by molar-refractivity contribution is 5.71. The molecule has 0 aliphatic rings. The van der Waals surface area contributed by atoms with Crippen LogP contribution in [0.25, 0.3) is 0 Å². The van der Waals surface area contributed by atoms with Crippen LogP contribution in [0.1, 0.15) is 17.9 Å². The smallest absolute Gasteiger partial charge is 0.347 e. The summed E-state index contributed by atoms with van der Waals surface area (Å²) in [6, 6.07) is 2.38. The lowest BCUT2D eigenvalue weighted by Crippen LogP contribution is -1.77. The Hall–Kier alpha value is -1.19. The fourth-order valence-electron chi connectivity index (χ4n) is 0.555. The molecular weight excluding hydrogens is 142 g/mol. The van der Waals surface area contributed by atoms with Crippen molar-refractivity contribution in [2.45, 2.75) is 6.43 Å². The van der Waals surface area contributed by atoms with Crippen molar-refractivity contribution in [3.63, 3.8) is 0 Å². The molecule has 54 valence electrons. The zero-order valence-corrected chi connectivity index (χ0v) is 4.92. The summed E-state index contributed by atoms with van der Waals surface area (Å²) in [6.45, 7) is 0. The number of rotatable bonds is 2. The van der Waals surface area contributed by atoms with Gasteiger partial charge in [-0.3, -0.25) is 4.79 Å². The van der Waals surface area contributed by atoms with Crippen LogP contribution in [0.2, 0.25) is 0 Å². The Morgan fingerprint density at radius 1 is 1.50 bits per heavy atom. The summed E-state index contributed by atoms with van der Waals surface area (Å²) in [6.07, 6.45) is -1.99. The Morgan fingerprint density at radius 3 is 2.50 bits per heavy atom. The largest absolute Gasteiger partial charge is 0.446 e. The molecule has 0 atom stereocenters. The summed E-state index contributed by atoms with van der Waals surface area (Å²) in [4.78, 5) is 8.27. The quantitative estimate of drug-likeness (QED) is 0.463. The molecule has 0 radical (unpaired) electrons. The zero-order chi connectivity index (χ0) is 7.56. The monoisotopic (exact) mass is 147 g/mol. The minimum atomic E-state index is -2.62. The second-order valence-corrected chi connectivity index (χ2v) is 1.67. The molecule has 10 heavy (non-hydrogen) atoms. The van der Waals surface area contributed by atoms with Gasteiger partial charge in [0.2, 0.25) is 5.76 Å². The minimum Gasteiger partial charge on any atom is -0.446 e. The highest BCUT2D eigenvalue weighted by Gasteiger charge is 2.12. The molecule has 0 spiro atoms. The first kappa shape index (κ1) is 6.92. The van der Waals surface area contributed by atoms with Crippen molar-refractivity contribution in [2.75, 3.05) is 0 Å². The molecular formula is C6H5F2O2+. The molecule has 0 fully saturated rings. The Morgan fingerprint density at radius 2 is 2.20 bits per heavy atom. The second kappa shape index (κ2) is 2.60. The van der Waals surface area contributed by atoms with Crippen molar-refractivity contribution in [3.8, 4) is 0 Å². The van der Waals surface area contributed by atoms with Crippen molar-refractivity contribution < 1.29 is 18.0 Å². The van der Waals surface area contributed by atoms with Gasteiger partial charge in [-0.15, -0.1) is 0 Å². The van der Waals surface area contributed by atoms with Crippen LogP contribution in [0, 0.1) is 0 Å². The maximum Gasteiger partial charge on any atom is 0.347 e. The van der Waals surface area contributed by atoms with E-state index in [0.717, 1.165) is 6.07 Å². The van der Waals surface area contributed by atoms with Gasteiger partial charge in [-0.1, -0.05) is 0 Å². The molecule has 2 nitrogen and oxygen atoms in total. The highest BCUT2D eigenvalue weighted by Crippen LogP contribution is 2.19. The van der Waals surface area contributed by atoms with Gasteiger partial charge in [0.1, 0.15) is 0 Å². The summed E-state index contributed by atoms with van der Waals surface area (Å²) in [5.74, 6) is -0.393. The van der Waals surface area contributed by atoms with E-state index in [1.807, 2.05) is 0 Å². The van der Waals surface area contributed by atoms with Gasteiger partial charge in [-0.05, 0) is 12.1 Å². The first-order valence-electron chi connectivity index (χ1n) is 2.59. The molecule has 1 heterocycles. The van der Waals surface area contributed by atoms with Crippen molar-refractivity contribution in [1.29, 1.82) is 0 Å². The molecule has 0 aliphatic carbocycles. The van der Waals surface area contributed by atoms with Gasteiger partial charge in [-0.2, -0.15) is 0 Å². The van der Waals surface area contributed by atoms with Gasteiger partial charge in [0, 0.05) is 0 Å². The van der Waals surface area contributed by atoms with Gasteiger partial charge in [0.05, 0.1) is 0 Å². The Labute approximate surface area is 55.4 Å². The van der Waals surface area contributed by atoms with Gasteiger partial charge >= 0.3 is 6.29 Å². The third-order valence-corrected chi connectivity index (χ3v) is 0.990. The molecule has 1 aromatic heterocycles. The number of carbonyl (C=O) groups excluding carboxylic acids is 1. The SMILES string of the molecule is [OH+]=Cc1ccc(C(F)F)o1. The van der Waals surface area contributed by atoms with Crippen molar-refractivity contribution >= 4 is 6.29 Å². The van der Waals surface area contributed by atoms with E-state index >= 15 is 0 Å². The van der Waals surface area contributed by atoms with Crippen molar-refractivity contribution in [1.82, 2.24) is 0 Å². The molecule has 0 unspecified atom stereocenters. The number of halogens is 2. The Bertz CT molecular complexity index is 229. The van der Waals surface area contributed by atoms with Crippen molar-refractivity contribution in [3.05, 3.63) is 23.7 Å². The lowest BCUT2D eigenvalue weighted by Gasteiger charge is -1.87. The lowest BCUT2D eigenvalue weighted by atomic mass is 10.4. The maximum absolute atomic E-state index is 11.7. The van der Waals surface area contributed by atoms with Crippen molar-refractivity contribution in [2.24, 2.45) is 0 Å². The van der Waals surface area contributed by atoms with E-state index in [1.165, 1.54) is 6.07 Å². The third kappa shape index (κ3) is 1.21. The number of hydrogen-bond donors (Lipinski definition) is 0. The predicted octanol–water partition coefficient (Wildman–Crippen LogP) is 1.74. The van der Waals surface area contributed by atoms with Gasteiger partial charge in [0.15, 0.2) is 5.76 Å². The van der Waals surface area contributed by atoms with Gasteiger partial charge in [0.25, 0.3) is 6.43 Å². The molecule has 0 bridgehead atoms.